The van der Waals surface area contributed by atoms with Crippen molar-refractivity contribution >= 4 is 8.24 Å². The van der Waals surface area contributed by atoms with E-state index in [0.29, 0.717) is 6.42 Å². The highest BCUT2D eigenvalue weighted by Crippen LogP contribution is 2.36. The van der Waals surface area contributed by atoms with Crippen molar-refractivity contribution in [2.45, 2.75) is 69.3 Å². The minimum absolute atomic E-state index is 0.111. The molecule has 0 heterocycles. The van der Waals surface area contributed by atoms with E-state index in [1.165, 1.54) is 0 Å². The first-order valence-electron chi connectivity index (χ1n) is 7.13. The Balaban J connectivity index is 5.16. The molecule has 0 aromatic rings. The Hall–Kier alpha value is -0.453. The van der Waals surface area contributed by atoms with E-state index in [-0.39, 0.29) is 6.54 Å². The molecule has 0 unspecified atom stereocenters. The molecule has 0 aliphatic heterocycles. The highest BCUT2D eigenvalue weighted by atomic mass is 28.3. The molecular weight excluding hydrogens is 357 g/mol. The summed E-state index contributed by atoms with van der Waals surface area (Å²) in [4.78, 5) is 2.64. The summed E-state index contributed by atoms with van der Waals surface area (Å²) in [5.74, 6) is 0. The van der Waals surface area contributed by atoms with Crippen molar-refractivity contribution in [3.63, 3.8) is 0 Å². The van der Waals surface area contributed by atoms with Gasteiger partial charge in [-0.15, -0.1) is 0 Å². The van der Waals surface area contributed by atoms with Crippen LogP contribution < -0.4 is 4.98 Å². The summed E-state index contributed by atoms with van der Waals surface area (Å²) in [6.07, 6.45) is -17.5. The van der Waals surface area contributed by atoms with Gasteiger partial charge in [0, 0.05) is 19.3 Å². The predicted octanol–water partition coefficient (Wildman–Crippen LogP) is 5.79. The topological polar surface area (TPSA) is 12.0 Å². The van der Waals surface area contributed by atoms with Crippen LogP contribution in [0.15, 0.2) is 0 Å². The molecule has 0 atom stereocenters. The predicted molar refractivity (Wildman–Crippen MR) is 70.5 cm³/mol. The molecular formula is C12H20F9NSi. The van der Waals surface area contributed by atoms with Crippen LogP contribution in [0, 0.1) is 0 Å². The highest BCUT2D eigenvalue weighted by molar-refractivity contribution is 6.77. The lowest BCUT2D eigenvalue weighted by atomic mass is 10.5. The van der Waals surface area contributed by atoms with Gasteiger partial charge in [0.2, 0.25) is 0 Å². The fourth-order valence-electron chi connectivity index (χ4n) is 2.17. The molecule has 0 aromatic carbocycles. The highest BCUT2D eigenvalue weighted by Gasteiger charge is 2.43. The molecule has 0 saturated carbocycles. The van der Waals surface area contributed by atoms with Gasteiger partial charge in [0.1, 0.15) is 8.24 Å². The van der Waals surface area contributed by atoms with E-state index in [9.17, 15) is 39.5 Å². The van der Waals surface area contributed by atoms with E-state index in [1.807, 2.05) is 0 Å². The zero-order valence-electron chi connectivity index (χ0n) is 12.6. The maximum atomic E-state index is 12.4. The maximum absolute atomic E-state index is 12.4. The fourth-order valence-corrected chi connectivity index (χ4v) is 6.52. The van der Waals surface area contributed by atoms with Gasteiger partial charge in [-0.25, -0.2) is 0 Å². The fraction of sp³-hybridized carbons (Fsp3) is 1.00. The van der Waals surface area contributed by atoms with Crippen LogP contribution in [0.25, 0.3) is 0 Å². The lowest BCUT2D eigenvalue weighted by Gasteiger charge is -2.34. The Morgan fingerprint density at radius 3 is 1.17 bits per heavy atom. The molecule has 0 fully saturated rings. The van der Waals surface area contributed by atoms with Crippen molar-refractivity contribution in [3.05, 3.63) is 0 Å². The molecule has 0 bridgehead atoms. The Morgan fingerprint density at radius 2 is 0.957 bits per heavy atom. The number of alkyl halides is 9. The second kappa shape index (κ2) is 8.59. The summed E-state index contributed by atoms with van der Waals surface area (Å²) >= 11 is 0. The van der Waals surface area contributed by atoms with Gasteiger partial charge >= 0.3 is 18.5 Å². The minimum Gasteiger partial charge on any atom is -0.337 e. The first kappa shape index (κ1) is 22.5. The van der Waals surface area contributed by atoms with Crippen molar-refractivity contribution in [1.29, 1.82) is 0 Å². The standard InChI is InChI=1S/C12H20F9NSi/c1-2-6-22-23(7-3-10(13,14)15,8-4-11(16,17)18)9-5-12(19,20)21/h22H,2-9H2,1H3. The maximum Gasteiger partial charge on any atom is 0.388 e. The Bertz CT molecular complexity index is 289. The summed E-state index contributed by atoms with van der Waals surface area (Å²) < 4.78 is 112. The summed E-state index contributed by atoms with van der Waals surface area (Å²) in [6, 6.07) is -2.03. The smallest absolute Gasteiger partial charge is 0.337 e. The molecule has 0 rings (SSSR count). The van der Waals surface area contributed by atoms with Crippen LogP contribution in [-0.4, -0.2) is 33.3 Å². The van der Waals surface area contributed by atoms with E-state index in [2.05, 4.69) is 4.98 Å². The third kappa shape index (κ3) is 12.6. The summed E-state index contributed by atoms with van der Waals surface area (Å²) in [5.41, 5.74) is 0. The quantitative estimate of drug-likeness (QED) is 0.396. The molecule has 140 valence electrons. The van der Waals surface area contributed by atoms with Crippen LogP contribution in [-0.2, 0) is 0 Å². The number of hydrogen-bond donors (Lipinski definition) is 1. The third-order valence-electron chi connectivity index (χ3n) is 3.41. The van der Waals surface area contributed by atoms with E-state index >= 15 is 0 Å². The van der Waals surface area contributed by atoms with Crippen molar-refractivity contribution in [2.24, 2.45) is 0 Å². The van der Waals surface area contributed by atoms with Gasteiger partial charge in [0.05, 0.1) is 0 Å². The zero-order chi connectivity index (χ0) is 18.4. The van der Waals surface area contributed by atoms with Gasteiger partial charge in [-0.3, -0.25) is 0 Å². The molecule has 0 aliphatic rings. The van der Waals surface area contributed by atoms with Crippen LogP contribution in [0.2, 0.25) is 18.1 Å². The Kier molecular flexibility index (Phi) is 8.42. The van der Waals surface area contributed by atoms with Crippen LogP contribution in [0.5, 0.6) is 0 Å². The van der Waals surface area contributed by atoms with Crippen molar-refractivity contribution in [3.8, 4) is 0 Å². The van der Waals surface area contributed by atoms with Gasteiger partial charge in [-0.05, 0) is 31.1 Å². The lowest BCUT2D eigenvalue weighted by molar-refractivity contribution is -0.132. The summed E-state index contributed by atoms with van der Waals surface area (Å²) in [7, 11) is -3.56. The molecule has 0 aromatic heterocycles. The Labute approximate surface area is 129 Å². The molecule has 0 spiro atoms. The second-order valence-corrected chi connectivity index (χ2v) is 9.97. The van der Waals surface area contributed by atoms with Crippen LogP contribution in [0.3, 0.4) is 0 Å². The molecule has 0 radical (unpaired) electrons. The summed E-state index contributed by atoms with van der Waals surface area (Å²) in [6.45, 7) is 1.75. The van der Waals surface area contributed by atoms with Gasteiger partial charge in [-0.2, -0.15) is 39.5 Å². The molecule has 11 heteroatoms. The molecule has 23 heavy (non-hydrogen) atoms. The van der Waals surface area contributed by atoms with Gasteiger partial charge in [-0.1, -0.05) is 6.92 Å². The first-order chi connectivity index (χ1) is 10.2. The first-order valence-corrected chi connectivity index (χ1v) is 9.75. The van der Waals surface area contributed by atoms with E-state index in [4.69, 9.17) is 0 Å². The van der Waals surface area contributed by atoms with Crippen LogP contribution >= 0.6 is 0 Å². The Morgan fingerprint density at radius 1 is 0.652 bits per heavy atom. The average Bonchev–Trinajstić information content (AvgIpc) is 2.34. The van der Waals surface area contributed by atoms with E-state index < -0.39 is 64.2 Å². The van der Waals surface area contributed by atoms with Gasteiger partial charge < -0.3 is 4.98 Å². The molecule has 1 N–H and O–H groups in total. The molecule has 0 amide bonds. The lowest BCUT2D eigenvalue weighted by Crippen LogP contribution is -2.52. The normalized spacial score (nSPS) is 14.3. The summed E-state index contributed by atoms with van der Waals surface area (Å²) in [5, 5.41) is 0. The average molecular weight is 377 g/mol. The van der Waals surface area contributed by atoms with Crippen molar-refractivity contribution in [1.82, 2.24) is 4.98 Å². The molecule has 0 saturated heterocycles. The molecule has 0 aliphatic carbocycles. The number of rotatable bonds is 9. The van der Waals surface area contributed by atoms with Crippen molar-refractivity contribution < 1.29 is 39.5 Å². The SMILES string of the molecule is CCCN[Si](CCC(F)(F)F)(CCC(F)(F)F)CCC(F)(F)F. The third-order valence-corrected chi connectivity index (χ3v) is 8.03. The van der Waals surface area contributed by atoms with E-state index in [0.717, 1.165) is 0 Å². The number of halogens is 9. The van der Waals surface area contributed by atoms with Crippen LogP contribution in [0.4, 0.5) is 39.5 Å². The number of nitrogens with one attached hydrogen (secondary N) is 1. The number of hydrogen-bond acceptors (Lipinski definition) is 1. The largest absolute Gasteiger partial charge is 0.388 e. The van der Waals surface area contributed by atoms with Gasteiger partial charge in [0.15, 0.2) is 0 Å². The minimum atomic E-state index is -4.61. The van der Waals surface area contributed by atoms with Crippen LogP contribution in [0.1, 0.15) is 32.6 Å². The zero-order valence-corrected chi connectivity index (χ0v) is 13.6. The van der Waals surface area contributed by atoms with Crippen molar-refractivity contribution in [2.75, 3.05) is 6.54 Å². The second-order valence-electron chi connectivity index (χ2n) is 5.55. The van der Waals surface area contributed by atoms with Gasteiger partial charge in [0.25, 0.3) is 0 Å². The monoisotopic (exact) mass is 377 g/mol. The molecule has 1 nitrogen and oxygen atoms in total. The van der Waals surface area contributed by atoms with E-state index in [1.54, 1.807) is 6.92 Å².